The molecular weight excluding hydrogens is 188 g/mol. The number of ketones is 1. The maximum atomic E-state index is 12.3. The Morgan fingerprint density at radius 1 is 1.29 bits per heavy atom. The highest BCUT2D eigenvalue weighted by Crippen LogP contribution is 2.23. The molecule has 1 aliphatic carbocycles. The molecule has 0 radical (unpaired) electrons. The van der Waals surface area contributed by atoms with E-state index in [0.29, 0.717) is 6.42 Å². The Hall–Kier alpha value is -1.32. The Morgan fingerprint density at radius 3 is 2.79 bits per heavy atom. The first kappa shape index (κ1) is 9.24. The molecule has 0 aliphatic heterocycles. The van der Waals surface area contributed by atoms with Gasteiger partial charge in [0, 0.05) is 6.42 Å². The average molecular weight is 197 g/mol. The van der Waals surface area contributed by atoms with E-state index < -0.39 is 6.43 Å². The summed E-state index contributed by atoms with van der Waals surface area (Å²) in [5, 5.41) is 0. The number of aryl methyl sites for hydroxylation is 1. The number of rotatable bonds is 1. The number of pyridine rings is 1. The molecule has 2 nitrogen and oxygen atoms in total. The van der Waals surface area contributed by atoms with Gasteiger partial charge < -0.3 is 0 Å². The minimum Gasteiger partial charge on any atom is -0.292 e. The molecule has 0 fully saturated rings. The Balaban J connectivity index is 2.46. The van der Waals surface area contributed by atoms with Gasteiger partial charge in [0.05, 0.1) is 0 Å². The summed E-state index contributed by atoms with van der Waals surface area (Å²) < 4.78 is 24.6. The second kappa shape index (κ2) is 3.44. The van der Waals surface area contributed by atoms with Crippen molar-refractivity contribution in [2.45, 2.75) is 25.7 Å². The van der Waals surface area contributed by atoms with Crippen LogP contribution in [0.2, 0.25) is 0 Å². The predicted molar refractivity (Wildman–Crippen MR) is 46.5 cm³/mol. The van der Waals surface area contributed by atoms with Crippen LogP contribution in [-0.4, -0.2) is 10.8 Å². The van der Waals surface area contributed by atoms with Crippen molar-refractivity contribution < 1.29 is 13.6 Å². The third-order valence-electron chi connectivity index (χ3n) is 2.34. The van der Waals surface area contributed by atoms with Gasteiger partial charge in [-0.15, -0.1) is 0 Å². The van der Waals surface area contributed by atoms with Crippen LogP contribution < -0.4 is 0 Å². The average Bonchev–Trinajstić information content (AvgIpc) is 2.18. The smallest absolute Gasteiger partial charge is 0.280 e. The number of hydrogen-bond donors (Lipinski definition) is 0. The molecule has 0 amide bonds. The van der Waals surface area contributed by atoms with Crippen molar-refractivity contribution in [2.24, 2.45) is 0 Å². The molecule has 0 saturated carbocycles. The van der Waals surface area contributed by atoms with Crippen molar-refractivity contribution in [3.05, 3.63) is 29.1 Å². The minimum atomic E-state index is -2.60. The lowest BCUT2D eigenvalue weighted by molar-refractivity contribution is 0.0964. The lowest BCUT2D eigenvalue weighted by Crippen LogP contribution is -2.14. The summed E-state index contributed by atoms with van der Waals surface area (Å²) in [7, 11) is 0. The van der Waals surface area contributed by atoms with Gasteiger partial charge in [0.15, 0.2) is 5.78 Å². The number of carbonyl (C=O) groups excluding carboxylic acids is 1. The highest BCUT2D eigenvalue weighted by Gasteiger charge is 2.20. The predicted octanol–water partition coefficient (Wildman–Crippen LogP) is 2.54. The van der Waals surface area contributed by atoms with Gasteiger partial charge in [0.25, 0.3) is 6.43 Å². The maximum Gasteiger partial charge on any atom is 0.280 e. The largest absolute Gasteiger partial charge is 0.292 e. The number of Topliss-reactive ketones (excluding diaryl/α,β-unsaturated/α-hetero) is 1. The molecule has 0 spiro atoms. The standard InChI is InChI=1S/C10H9F2NO/c11-10(12)7-5-4-6-2-1-3-8(14)9(6)13-7/h4-5,10H,1-3H2. The van der Waals surface area contributed by atoms with Gasteiger partial charge in [0.1, 0.15) is 11.4 Å². The van der Waals surface area contributed by atoms with Gasteiger partial charge in [-0.2, -0.15) is 0 Å². The zero-order valence-corrected chi connectivity index (χ0v) is 7.46. The fourth-order valence-electron chi connectivity index (χ4n) is 1.63. The van der Waals surface area contributed by atoms with Gasteiger partial charge in [-0.1, -0.05) is 6.07 Å². The first-order valence-electron chi connectivity index (χ1n) is 4.49. The number of alkyl halides is 2. The Labute approximate surface area is 80.0 Å². The van der Waals surface area contributed by atoms with Crippen LogP contribution in [0.3, 0.4) is 0 Å². The van der Waals surface area contributed by atoms with Crippen LogP contribution in [0.15, 0.2) is 12.1 Å². The monoisotopic (exact) mass is 197 g/mol. The van der Waals surface area contributed by atoms with E-state index in [1.54, 1.807) is 6.07 Å². The molecule has 0 N–H and O–H groups in total. The second-order valence-electron chi connectivity index (χ2n) is 3.32. The quantitative estimate of drug-likeness (QED) is 0.692. The van der Waals surface area contributed by atoms with E-state index in [9.17, 15) is 13.6 Å². The zero-order chi connectivity index (χ0) is 10.1. The molecule has 2 rings (SSSR count). The molecule has 0 aromatic carbocycles. The molecule has 0 unspecified atom stereocenters. The van der Waals surface area contributed by atoms with Gasteiger partial charge in [-0.05, 0) is 24.5 Å². The summed E-state index contributed by atoms with van der Waals surface area (Å²) >= 11 is 0. The molecule has 1 aliphatic rings. The second-order valence-corrected chi connectivity index (χ2v) is 3.32. The van der Waals surface area contributed by atoms with Crippen LogP contribution >= 0.6 is 0 Å². The first-order chi connectivity index (χ1) is 6.68. The van der Waals surface area contributed by atoms with E-state index in [2.05, 4.69) is 4.98 Å². The van der Waals surface area contributed by atoms with Gasteiger partial charge in [-0.25, -0.2) is 13.8 Å². The van der Waals surface area contributed by atoms with E-state index in [1.807, 2.05) is 0 Å². The highest BCUT2D eigenvalue weighted by molar-refractivity contribution is 5.96. The van der Waals surface area contributed by atoms with Crippen molar-refractivity contribution >= 4 is 5.78 Å². The third-order valence-corrected chi connectivity index (χ3v) is 2.34. The summed E-state index contributed by atoms with van der Waals surface area (Å²) in [6.07, 6.45) is -0.624. The Bertz CT molecular complexity index is 376. The van der Waals surface area contributed by atoms with Crippen molar-refractivity contribution in [1.82, 2.24) is 4.98 Å². The highest BCUT2D eigenvalue weighted by atomic mass is 19.3. The zero-order valence-electron chi connectivity index (χ0n) is 7.46. The molecule has 4 heteroatoms. The fourth-order valence-corrected chi connectivity index (χ4v) is 1.63. The topological polar surface area (TPSA) is 30.0 Å². The molecule has 1 aromatic rings. The molecule has 74 valence electrons. The van der Waals surface area contributed by atoms with Crippen LogP contribution in [0.4, 0.5) is 8.78 Å². The Morgan fingerprint density at radius 2 is 2.07 bits per heavy atom. The van der Waals surface area contributed by atoms with Crippen molar-refractivity contribution in [2.75, 3.05) is 0 Å². The lowest BCUT2D eigenvalue weighted by Gasteiger charge is -2.13. The van der Waals surface area contributed by atoms with E-state index in [1.165, 1.54) is 6.07 Å². The summed E-state index contributed by atoms with van der Waals surface area (Å²) in [5.41, 5.74) is 0.735. The molecule has 1 heterocycles. The number of nitrogens with zero attached hydrogens (tertiary/aromatic N) is 1. The summed E-state index contributed by atoms with van der Waals surface area (Å²) in [6.45, 7) is 0. The van der Waals surface area contributed by atoms with Gasteiger partial charge in [0.2, 0.25) is 0 Å². The Kier molecular flexibility index (Phi) is 2.27. The van der Waals surface area contributed by atoms with Crippen molar-refractivity contribution in [3.8, 4) is 0 Å². The first-order valence-corrected chi connectivity index (χ1v) is 4.49. The molecule has 0 saturated heterocycles. The number of hydrogen-bond acceptors (Lipinski definition) is 2. The van der Waals surface area contributed by atoms with Crippen LogP contribution in [0.25, 0.3) is 0 Å². The van der Waals surface area contributed by atoms with Crippen LogP contribution in [0.1, 0.15) is 41.0 Å². The molecule has 0 bridgehead atoms. The van der Waals surface area contributed by atoms with E-state index in [4.69, 9.17) is 0 Å². The minimum absolute atomic E-state index is 0.117. The van der Waals surface area contributed by atoms with Crippen molar-refractivity contribution in [3.63, 3.8) is 0 Å². The maximum absolute atomic E-state index is 12.3. The molecule has 0 atom stereocenters. The number of halogens is 2. The van der Waals surface area contributed by atoms with Crippen LogP contribution in [0, 0.1) is 0 Å². The van der Waals surface area contributed by atoms with E-state index in [0.717, 1.165) is 18.4 Å². The summed E-state index contributed by atoms with van der Waals surface area (Å²) in [5.74, 6) is -0.117. The molecule has 1 aromatic heterocycles. The molecule has 14 heavy (non-hydrogen) atoms. The SMILES string of the molecule is O=C1CCCc2ccc(C(F)F)nc21. The van der Waals surface area contributed by atoms with Gasteiger partial charge >= 0.3 is 0 Å². The fraction of sp³-hybridized carbons (Fsp3) is 0.400. The van der Waals surface area contributed by atoms with Crippen LogP contribution in [0.5, 0.6) is 0 Å². The van der Waals surface area contributed by atoms with Crippen LogP contribution in [-0.2, 0) is 6.42 Å². The number of fused-ring (bicyclic) bond motifs is 1. The van der Waals surface area contributed by atoms with Gasteiger partial charge in [-0.3, -0.25) is 4.79 Å². The van der Waals surface area contributed by atoms with Crippen molar-refractivity contribution in [1.29, 1.82) is 0 Å². The summed E-state index contributed by atoms with van der Waals surface area (Å²) in [6, 6.07) is 2.88. The van der Waals surface area contributed by atoms with E-state index in [-0.39, 0.29) is 17.2 Å². The summed E-state index contributed by atoms with van der Waals surface area (Å²) in [4.78, 5) is 15.0. The third kappa shape index (κ3) is 1.52. The number of aromatic nitrogens is 1. The normalized spacial score (nSPS) is 15.8. The molecular formula is C10H9F2NO. The van der Waals surface area contributed by atoms with E-state index >= 15 is 0 Å². The number of carbonyl (C=O) groups is 1. The lowest BCUT2D eigenvalue weighted by atomic mass is 9.95.